The molecule has 3 aromatic carbocycles. The van der Waals surface area contributed by atoms with Crippen molar-refractivity contribution >= 4 is 23.5 Å². The van der Waals surface area contributed by atoms with Gasteiger partial charge in [-0.1, -0.05) is 35.5 Å². The lowest BCUT2D eigenvalue weighted by Crippen LogP contribution is -2.41. The van der Waals surface area contributed by atoms with E-state index in [1.807, 2.05) is 44.3 Å². The summed E-state index contributed by atoms with van der Waals surface area (Å²) in [5.74, 6) is -0.146. The Morgan fingerprint density at radius 3 is 2.81 bits per heavy atom. The first-order valence-corrected chi connectivity index (χ1v) is 14.2. The molecule has 42 heavy (non-hydrogen) atoms. The van der Waals surface area contributed by atoms with Gasteiger partial charge in [-0.15, -0.1) is 5.10 Å². The maximum Gasteiger partial charge on any atom is 0.314 e. The number of aromatic nitrogens is 3. The average Bonchev–Trinajstić information content (AvgIpc) is 3.52. The molecule has 9 heteroatoms. The number of nitrogens with zero attached hydrogens (tertiary/aromatic N) is 5. The quantitative estimate of drug-likeness (QED) is 0.183. The van der Waals surface area contributed by atoms with Crippen LogP contribution in [0.4, 0.5) is 0 Å². The van der Waals surface area contributed by atoms with Crippen molar-refractivity contribution in [2.45, 2.75) is 64.1 Å². The largest absolute Gasteiger partial charge is 0.486 e. The molecule has 1 aliphatic heterocycles. The maximum atomic E-state index is 12.7. The molecule has 0 N–H and O–H groups in total. The summed E-state index contributed by atoms with van der Waals surface area (Å²) in [6.07, 6.45) is 1.96. The Hall–Kier alpha value is -4.55. The zero-order chi connectivity index (χ0) is 29.6. The van der Waals surface area contributed by atoms with Crippen molar-refractivity contribution < 1.29 is 19.1 Å². The molecule has 2 atom stereocenters. The Labute approximate surface area is 244 Å². The van der Waals surface area contributed by atoms with Gasteiger partial charge in [0.25, 0.3) is 0 Å². The van der Waals surface area contributed by atoms with Crippen LogP contribution in [0, 0.1) is 18.3 Å². The Morgan fingerprint density at radius 2 is 2.02 bits per heavy atom. The fraction of sp³-hybridized carbons (Fsp3) is 0.364. The van der Waals surface area contributed by atoms with Gasteiger partial charge in [0, 0.05) is 37.7 Å². The number of carbonyl (C=O) groups is 2. The molecule has 2 aliphatic rings. The minimum absolute atomic E-state index is 0.0218. The first kappa shape index (κ1) is 27.6. The van der Waals surface area contributed by atoms with E-state index in [9.17, 15) is 14.9 Å². The van der Waals surface area contributed by atoms with E-state index in [1.54, 1.807) is 4.68 Å². The van der Waals surface area contributed by atoms with Gasteiger partial charge < -0.3 is 9.47 Å². The smallest absolute Gasteiger partial charge is 0.314 e. The maximum absolute atomic E-state index is 12.7. The molecule has 1 aromatic heterocycles. The van der Waals surface area contributed by atoms with Crippen molar-refractivity contribution in [1.82, 2.24) is 19.9 Å². The standard InChI is InChI=1S/C33H33N5O4/c1-20-25(10-12-29-32(20)35-36-37(29)4)26(15-31(40)41-19-39)23-8-7-22-9-11-28(27(22)14-23)38-17-24-6-5-21(16-34)13-30(24)42-33(2,3)18-38/h5-8,10,12-14,19,26,28H,9,11,15,17-18H2,1-4H3. The van der Waals surface area contributed by atoms with Crippen LogP contribution in [-0.2, 0) is 34.3 Å². The lowest BCUT2D eigenvalue weighted by atomic mass is 9.84. The molecule has 0 saturated carbocycles. The van der Waals surface area contributed by atoms with E-state index >= 15 is 0 Å². The topological polar surface area (TPSA) is 110 Å². The second-order valence-corrected chi connectivity index (χ2v) is 11.9. The summed E-state index contributed by atoms with van der Waals surface area (Å²) in [4.78, 5) is 26.1. The van der Waals surface area contributed by atoms with Crippen LogP contribution in [0.15, 0.2) is 48.5 Å². The molecular formula is C33H33N5O4. The molecule has 214 valence electrons. The predicted octanol–water partition coefficient (Wildman–Crippen LogP) is 5.03. The van der Waals surface area contributed by atoms with Crippen molar-refractivity contribution in [3.8, 4) is 11.8 Å². The number of hydrogen-bond donors (Lipinski definition) is 0. The number of ether oxygens (including phenoxy) is 2. The molecule has 1 aliphatic carbocycles. The molecule has 0 spiro atoms. The SMILES string of the molecule is Cc1c(C(CC(=O)OC=O)c2ccc3c(c2)C(N2Cc4ccc(C#N)cc4OC(C)(C)C2)CC3)ccc2c1nnn2C. The third kappa shape index (κ3) is 5.03. The third-order valence-electron chi connectivity index (χ3n) is 8.60. The van der Waals surface area contributed by atoms with Crippen LogP contribution in [0.3, 0.4) is 0 Å². The van der Waals surface area contributed by atoms with Crippen LogP contribution < -0.4 is 4.74 Å². The average molecular weight is 564 g/mol. The normalized spacial score (nSPS) is 18.3. The summed E-state index contributed by atoms with van der Waals surface area (Å²) in [5, 5.41) is 17.9. The summed E-state index contributed by atoms with van der Waals surface area (Å²) >= 11 is 0. The molecule has 6 rings (SSSR count). The van der Waals surface area contributed by atoms with Gasteiger partial charge in [0.2, 0.25) is 0 Å². The number of rotatable bonds is 6. The van der Waals surface area contributed by atoms with Crippen LogP contribution in [0.2, 0.25) is 0 Å². The fourth-order valence-electron chi connectivity index (χ4n) is 6.66. The monoisotopic (exact) mass is 563 g/mol. The number of carbonyl (C=O) groups excluding carboxylic acids is 2. The third-order valence-corrected chi connectivity index (χ3v) is 8.60. The highest BCUT2D eigenvalue weighted by atomic mass is 16.6. The highest BCUT2D eigenvalue weighted by Crippen LogP contribution is 2.43. The van der Waals surface area contributed by atoms with Gasteiger partial charge in [-0.05, 0) is 79.6 Å². The summed E-state index contributed by atoms with van der Waals surface area (Å²) in [5.41, 5.74) is 8.31. The van der Waals surface area contributed by atoms with Crippen molar-refractivity contribution in [3.05, 3.63) is 87.5 Å². The summed E-state index contributed by atoms with van der Waals surface area (Å²) < 4.78 is 12.9. The summed E-state index contributed by atoms with van der Waals surface area (Å²) in [7, 11) is 1.85. The van der Waals surface area contributed by atoms with Crippen LogP contribution in [0.5, 0.6) is 5.75 Å². The summed E-state index contributed by atoms with van der Waals surface area (Å²) in [6, 6.07) is 18.5. The molecule has 0 saturated heterocycles. The van der Waals surface area contributed by atoms with E-state index in [4.69, 9.17) is 9.47 Å². The number of fused-ring (bicyclic) bond motifs is 3. The number of benzene rings is 3. The van der Waals surface area contributed by atoms with Crippen molar-refractivity contribution in [1.29, 1.82) is 5.26 Å². The van der Waals surface area contributed by atoms with Gasteiger partial charge in [-0.25, -0.2) is 4.68 Å². The first-order valence-electron chi connectivity index (χ1n) is 14.2. The predicted molar refractivity (Wildman–Crippen MR) is 156 cm³/mol. The molecule has 2 unspecified atom stereocenters. The van der Waals surface area contributed by atoms with E-state index in [-0.39, 0.29) is 24.9 Å². The van der Waals surface area contributed by atoms with Gasteiger partial charge in [0.05, 0.1) is 23.6 Å². The summed E-state index contributed by atoms with van der Waals surface area (Å²) in [6.45, 7) is 7.78. The van der Waals surface area contributed by atoms with Crippen LogP contribution in [-0.4, -0.2) is 44.5 Å². The van der Waals surface area contributed by atoms with E-state index in [0.29, 0.717) is 12.1 Å². The van der Waals surface area contributed by atoms with Crippen LogP contribution in [0.1, 0.15) is 77.6 Å². The van der Waals surface area contributed by atoms with Crippen LogP contribution in [0.25, 0.3) is 11.0 Å². The van der Waals surface area contributed by atoms with Gasteiger partial charge >= 0.3 is 12.4 Å². The number of esters is 1. The molecule has 0 radical (unpaired) electrons. The Bertz CT molecular complexity index is 1750. The highest BCUT2D eigenvalue weighted by Gasteiger charge is 2.36. The van der Waals surface area contributed by atoms with Gasteiger partial charge in [0.15, 0.2) is 0 Å². The van der Waals surface area contributed by atoms with E-state index < -0.39 is 11.6 Å². The first-order chi connectivity index (χ1) is 20.2. The number of nitriles is 1. The molecular weight excluding hydrogens is 530 g/mol. The lowest BCUT2D eigenvalue weighted by Gasteiger charge is -2.34. The second-order valence-electron chi connectivity index (χ2n) is 11.9. The van der Waals surface area contributed by atoms with E-state index in [2.05, 4.69) is 53.3 Å². The second kappa shape index (κ2) is 10.7. The van der Waals surface area contributed by atoms with Gasteiger partial charge in [-0.3, -0.25) is 14.5 Å². The number of aryl methyl sites for hydroxylation is 3. The van der Waals surface area contributed by atoms with Crippen molar-refractivity contribution in [2.24, 2.45) is 7.05 Å². The Kier molecular flexibility index (Phi) is 7.03. The van der Waals surface area contributed by atoms with E-state index in [1.165, 1.54) is 11.1 Å². The molecule has 4 aromatic rings. The van der Waals surface area contributed by atoms with Gasteiger partial charge in [-0.2, -0.15) is 5.26 Å². The van der Waals surface area contributed by atoms with E-state index in [0.717, 1.165) is 58.4 Å². The number of hydrogen-bond acceptors (Lipinski definition) is 8. The molecule has 2 heterocycles. The molecule has 0 amide bonds. The van der Waals surface area contributed by atoms with Crippen molar-refractivity contribution in [3.63, 3.8) is 0 Å². The molecule has 9 nitrogen and oxygen atoms in total. The Morgan fingerprint density at radius 1 is 1.21 bits per heavy atom. The van der Waals surface area contributed by atoms with Crippen molar-refractivity contribution in [2.75, 3.05) is 6.54 Å². The highest BCUT2D eigenvalue weighted by molar-refractivity contribution is 5.81. The van der Waals surface area contributed by atoms with Gasteiger partial charge in [0.1, 0.15) is 16.9 Å². The lowest BCUT2D eigenvalue weighted by molar-refractivity contribution is -0.151. The van der Waals surface area contributed by atoms with Crippen LogP contribution >= 0.6 is 0 Å². The minimum Gasteiger partial charge on any atom is -0.486 e. The zero-order valence-electron chi connectivity index (χ0n) is 24.3. The fourth-order valence-corrected chi connectivity index (χ4v) is 6.66. The zero-order valence-corrected chi connectivity index (χ0v) is 24.3. The minimum atomic E-state index is -0.578. The molecule has 0 bridgehead atoms. The molecule has 0 fully saturated rings. The Balaban J connectivity index is 1.39.